The van der Waals surface area contributed by atoms with Crippen molar-refractivity contribution in [3.8, 4) is 0 Å². The van der Waals surface area contributed by atoms with Gasteiger partial charge >= 0.3 is 0 Å². The minimum absolute atomic E-state index is 0.0206. The molecule has 0 spiro atoms. The molecule has 0 saturated heterocycles. The van der Waals surface area contributed by atoms with Gasteiger partial charge in [0.05, 0.1) is 15.1 Å². The lowest BCUT2D eigenvalue weighted by Crippen LogP contribution is -1.98. The first kappa shape index (κ1) is 11.1. The van der Waals surface area contributed by atoms with Crippen molar-refractivity contribution < 1.29 is 5.11 Å². The molecule has 13 heavy (non-hydrogen) atoms. The molecule has 0 aliphatic carbocycles. The first-order valence-corrected chi connectivity index (χ1v) is 4.95. The van der Waals surface area contributed by atoms with Crippen molar-refractivity contribution in [2.45, 2.75) is 12.8 Å². The van der Waals surface area contributed by atoms with E-state index in [-0.39, 0.29) is 12.5 Å². The van der Waals surface area contributed by atoms with E-state index in [4.69, 9.17) is 39.9 Å². The van der Waals surface area contributed by atoms with Crippen LogP contribution in [0.3, 0.4) is 0 Å². The number of hydrogen-bond donors (Lipinski definition) is 1. The highest BCUT2D eigenvalue weighted by Crippen LogP contribution is 2.33. The van der Waals surface area contributed by atoms with Gasteiger partial charge < -0.3 is 5.11 Å². The van der Waals surface area contributed by atoms with Gasteiger partial charge in [0, 0.05) is 12.5 Å². The third-order valence-corrected chi connectivity index (χ3v) is 3.05. The van der Waals surface area contributed by atoms with Crippen molar-refractivity contribution in [3.05, 3.63) is 32.8 Å². The molecule has 1 rings (SSSR count). The van der Waals surface area contributed by atoms with Crippen LogP contribution in [0, 0.1) is 0 Å². The van der Waals surface area contributed by atoms with Gasteiger partial charge in [0.1, 0.15) is 0 Å². The highest BCUT2D eigenvalue weighted by molar-refractivity contribution is 6.48. The Morgan fingerprint density at radius 2 is 1.69 bits per heavy atom. The van der Waals surface area contributed by atoms with Crippen LogP contribution >= 0.6 is 34.8 Å². The number of aliphatic hydroxyl groups excluding tert-OH is 1. The van der Waals surface area contributed by atoms with Gasteiger partial charge in [-0.1, -0.05) is 41.7 Å². The molecular formula is C9H9Cl3O. The molecule has 0 bridgehead atoms. The molecule has 0 heterocycles. The molecule has 1 aromatic carbocycles. The summed E-state index contributed by atoms with van der Waals surface area (Å²) in [7, 11) is 0. The molecule has 0 aliphatic heterocycles. The number of rotatable bonds is 2. The maximum Gasteiger partial charge on any atom is 0.0778 e. The standard InChI is InChI=1S/C9H9Cl3O/c1-5(4-13)6-2-7(10)9(12)8(11)3-6/h2-3,5,13H,4H2,1H3. The molecule has 1 N–H and O–H groups in total. The third kappa shape index (κ3) is 2.50. The maximum atomic E-state index is 8.92. The van der Waals surface area contributed by atoms with Crippen LogP contribution in [-0.4, -0.2) is 11.7 Å². The van der Waals surface area contributed by atoms with E-state index in [1.807, 2.05) is 6.92 Å². The van der Waals surface area contributed by atoms with Gasteiger partial charge in [-0.25, -0.2) is 0 Å². The van der Waals surface area contributed by atoms with Crippen molar-refractivity contribution in [3.63, 3.8) is 0 Å². The van der Waals surface area contributed by atoms with E-state index < -0.39 is 0 Å². The number of benzene rings is 1. The van der Waals surface area contributed by atoms with Gasteiger partial charge in [0.15, 0.2) is 0 Å². The first-order valence-electron chi connectivity index (χ1n) is 3.81. The highest BCUT2D eigenvalue weighted by atomic mass is 35.5. The van der Waals surface area contributed by atoms with E-state index in [0.29, 0.717) is 15.1 Å². The summed E-state index contributed by atoms with van der Waals surface area (Å²) in [5, 5.41) is 10.1. The SMILES string of the molecule is CC(CO)c1cc(Cl)c(Cl)c(Cl)c1. The van der Waals surface area contributed by atoms with Gasteiger partial charge in [-0.2, -0.15) is 0 Å². The van der Waals surface area contributed by atoms with Crippen molar-refractivity contribution in [1.29, 1.82) is 0 Å². The maximum absolute atomic E-state index is 8.92. The van der Waals surface area contributed by atoms with Crippen LogP contribution in [0.5, 0.6) is 0 Å². The van der Waals surface area contributed by atoms with Gasteiger partial charge in [-0.15, -0.1) is 0 Å². The van der Waals surface area contributed by atoms with E-state index in [0.717, 1.165) is 5.56 Å². The molecule has 72 valence electrons. The predicted octanol–water partition coefficient (Wildman–Crippen LogP) is 3.74. The zero-order chi connectivity index (χ0) is 10.0. The fourth-order valence-electron chi connectivity index (χ4n) is 0.965. The molecule has 0 aliphatic rings. The summed E-state index contributed by atoms with van der Waals surface area (Å²) in [6, 6.07) is 3.44. The molecule has 0 saturated carbocycles. The number of aliphatic hydroxyl groups is 1. The fourth-order valence-corrected chi connectivity index (χ4v) is 1.58. The van der Waals surface area contributed by atoms with E-state index in [9.17, 15) is 0 Å². The Bertz CT molecular complexity index is 289. The summed E-state index contributed by atoms with van der Waals surface area (Å²) >= 11 is 17.4. The predicted molar refractivity (Wildman–Crippen MR) is 57.0 cm³/mol. The fraction of sp³-hybridized carbons (Fsp3) is 0.333. The minimum atomic E-state index is 0.0206. The summed E-state index contributed by atoms with van der Waals surface area (Å²) in [6.07, 6.45) is 0. The molecule has 1 aromatic rings. The molecule has 0 amide bonds. The Morgan fingerprint density at radius 3 is 2.08 bits per heavy atom. The van der Waals surface area contributed by atoms with Gasteiger partial charge in [0.25, 0.3) is 0 Å². The normalized spacial score (nSPS) is 13.0. The summed E-state index contributed by atoms with van der Waals surface area (Å²) in [5.41, 5.74) is 0.891. The van der Waals surface area contributed by atoms with Crippen LogP contribution in [0.1, 0.15) is 18.4 Å². The minimum Gasteiger partial charge on any atom is -0.396 e. The van der Waals surface area contributed by atoms with Gasteiger partial charge in [0.2, 0.25) is 0 Å². The molecule has 4 heteroatoms. The van der Waals surface area contributed by atoms with E-state index in [1.54, 1.807) is 12.1 Å². The largest absolute Gasteiger partial charge is 0.396 e. The molecule has 0 radical (unpaired) electrons. The van der Waals surface area contributed by atoms with Crippen LogP contribution in [0.25, 0.3) is 0 Å². The summed E-state index contributed by atoms with van der Waals surface area (Å²) in [5.74, 6) is 0.0206. The average molecular weight is 240 g/mol. The molecule has 0 aromatic heterocycles. The Hall–Kier alpha value is 0.0500. The van der Waals surface area contributed by atoms with Crippen LogP contribution in [-0.2, 0) is 0 Å². The van der Waals surface area contributed by atoms with Crippen molar-refractivity contribution in [2.24, 2.45) is 0 Å². The topological polar surface area (TPSA) is 20.2 Å². The van der Waals surface area contributed by atoms with Crippen molar-refractivity contribution in [1.82, 2.24) is 0 Å². The number of hydrogen-bond acceptors (Lipinski definition) is 1. The van der Waals surface area contributed by atoms with Crippen LogP contribution in [0.15, 0.2) is 12.1 Å². The summed E-state index contributed by atoms with van der Waals surface area (Å²) in [4.78, 5) is 0. The van der Waals surface area contributed by atoms with Crippen LogP contribution in [0.2, 0.25) is 15.1 Å². The van der Waals surface area contributed by atoms with Gasteiger partial charge in [-0.05, 0) is 17.7 Å². The monoisotopic (exact) mass is 238 g/mol. The highest BCUT2D eigenvalue weighted by Gasteiger charge is 2.10. The van der Waals surface area contributed by atoms with Crippen LogP contribution < -0.4 is 0 Å². The molecule has 1 unspecified atom stereocenters. The third-order valence-electron chi connectivity index (χ3n) is 1.85. The lowest BCUT2D eigenvalue weighted by Gasteiger charge is -2.10. The van der Waals surface area contributed by atoms with Gasteiger partial charge in [-0.3, -0.25) is 0 Å². The zero-order valence-electron chi connectivity index (χ0n) is 7.02. The Labute approximate surface area is 92.2 Å². The quantitative estimate of drug-likeness (QED) is 0.780. The Kier molecular flexibility index (Phi) is 3.87. The molecule has 1 atom stereocenters. The average Bonchev–Trinajstić information content (AvgIpc) is 2.12. The zero-order valence-corrected chi connectivity index (χ0v) is 9.29. The second-order valence-corrected chi connectivity index (χ2v) is 4.07. The first-order chi connectivity index (χ1) is 6.06. The van der Waals surface area contributed by atoms with E-state index in [1.165, 1.54) is 0 Å². The summed E-state index contributed by atoms with van der Waals surface area (Å²) < 4.78 is 0. The molecule has 1 nitrogen and oxygen atoms in total. The van der Waals surface area contributed by atoms with Crippen molar-refractivity contribution >= 4 is 34.8 Å². The lowest BCUT2D eigenvalue weighted by atomic mass is 10.0. The second kappa shape index (κ2) is 4.52. The molecular weight excluding hydrogens is 230 g/mol. The van der Waals surface area contributed by atoms with Crippen molar-refractivity contribution in [2.75, 3.05) is 6.61 Å². The lowest BCUT2D eigenvalue weighted by molar-refractivity contribution is 0.273. The summed E-state index contributed by atoms with van der Waals surface area (Å²) in [6.45, 7) is 1.95. The smallest absolute Gasteiger partial charge is 0.0778 e. The molecule has 0 fully saturated rings. The number of halogens is 3. The Balaban J connectivity index is 3.13. The Morgan fingerprint density at radius 1 is 1.23 bits per heavy atom. The van der Waals surface area contributed by atoms with Crippen LogP contribution in [0.4, 0.5) is 0 Å². The van der Waals surface area contributed by atoms with E-state index >= 15 is 0 Å². The van der Waals surface area contributed by atoms with E-state index in [2.05, 4.69) is 0 Å². The second-order valence-electron chi connectivity index (χ2n) is 2.88.